The van der Waals surface area contributed by atoms with Crippen LogP contribution in [-0.2, 0) is 13.0 Å². The second kappa shape index (κ2) is 6.52. The molecule has 1 amide bonds. The van der Waals surface area contributed by atoms with E-state index in [0.29, 0.717) is 6.54 Å². The number of amides is 1. The minimum absolute atomic E-state index is 0.132. The van der Waals surface area contributed by atoms with E-state index in [1.165, 1.54) is 24.1 Å². The number of carbonyl (C=O) groups is 1. The Morgan fingerprint density at radius 3 is 2.65 bits per heavy atom. The van der Waals surface area contributed by atoms with Gasteiger partial charge >= 0.3 is 0 Å². The van der Waals surface area contributed by atoms with Crippen LogP contribution in [0.5, 0.6) is 5.75 Å². The van der Waals surface area contributed by atoms with Gasteiger partial charge in [-0.25, -0.2) is 4.39 Å². The van der Waals surface area contributed by atoms with Gasteiger partial charge in [0.1, 0.15) is 0 Å². The Kier molecular flexibility index (Phi) is 4.74. The number of nitrogens with one attached hydrogen (secondary N) is 1. The third-order valence-electron chi connectivity index (χ3n) is 2.90. The zero-order chi connectivity index (χ0) is 14.5. The van der Waals surface area contributed by atoms with Gasteiger partial charge in [-0.15, -0.1) is 11.3 Å². The molecular formula is C15H16FNO2S. The molecule has 2 rings (SSSR count). The average molecular weight is 293 g/mol. The number of ether oxygens (including phenoxy) is 1. The van der Waals surface area contributed by atoms with Crippen LogP contribution in [0.25, 0.3) is 0 Å². The van der Waals surface area contributed by atoms with E-state index in [1.807, 2.05) is 6.07 Å². The SMILES string of the molecule is CCc1ccc(CNC(=O)c2ccc(OC)c(F)c2)s1. The van der Waals surface area contributed by atoms with E-state index in [0.717, 1.165) is 11.3 Å². The number of aryl methyl sites for hydroxylation is 1. The number of hydrogen-bond donors (Lipinski definition) is 1. The predicted molar refractivity (Wildman–Crippen MR) is 77.8 cm³/mol. The van der Waals surface area contributed by atoms with Crippen molar-refractivity contribution in [2.24, 2.45) is 0 Å². The van der Waals surface area contributed by atoms with Crippen LogP contribution in [0.15, 0.2) is 30.3 Å². The van der Waals surface area contributed by atoms with Gasteiger partial charge in [0.05, 0.1) is 13.7 Å². The first-order valence-corrected chi connectivity index (χ1v) is 7.15. The molecule has 0 fully saturated rings. The number of methoxy groups -OCH3 is 1. The van der Waals surface area contributed by atoms with Crippen molar-refractivity contribution in [2.75, 3.05) is 7.11 Å². The van der Waals surface area contributed by atoms with Gasteiger partial charge in [-0.3, -0.25) is 4.79 Å². The second-order valence-corrected chi connectivity index (χ2v) is 5.51. The van der Waals surface area contributed by atoms with Crippen molar-refractivity contribution in [3.8, 4) is 5.75 Å². The van der Waals surface area contributed by atoms with Crippen molar-refractivity contribution in [3.05, 3.63) is 51.5 Å². The molecule has 0 bridgehead atoms. The summed E-state index contributed by atoms with van der Waals surface area (Å²) in [4.78, 5) is 14.3. The molecule has 1 N–H and O–H groups in total. The molecule has 20 heavy (non-hydrogen) atoms. The Balaban J connectivity index is 1.99. The smallest absolute Gasteiger partial charge is 0.251 e. The lowest BCUT2D eigenvalue weighted by molar-refractivity contribution is 0.0951. The standard InChI is InChI=1S/C15H16FNO2S/c1-3-11-5-6-12(20-11)9-17-15(18)10-4-7-14(19-2)13(16)8-10/h4-8H,3,9H2,1-2H3,(H,17,18). The summed E-state index contributed by atoms with van der Waals surface area (Å²) in [5.74, 6) is -0.699. The number of carbonyl (C=O) groups excluding carboxylic acids is 1. The molecule has 0 spiro atoms. The highest BCUT2D eigenvalue weighted by atomic mass is 32.1. The Hall–Kier alpha value is -1.88. The zero-order valence-corrected chi connectivity index (χ0v) is 12.2. The minimum Gasteiger partial charge on any atom is -0.494 e. The zero-order valence-electron chi connectivity index (χ0n) is 11.4. The summed E-state index contributed by atoms with van der Waals surface area (Å²) in [6, 6.07) is 8.23. The van der Waals surface area contributed by atoms with Crippen LogP contribution in [0, 0.1) is 5.82 Å². The van der Waals surface area contributed by atoms with E-state index in [1.54, 1.807) is 17.4 Å². The van der Waals surface area contributed by atoms with Crippen molar-refractivity contribution in [2.45, 2.75) is 19.9 Å². The fourth-order valence-electron chi connectivity index (χ4n) is 1.78. The first-order chi connectivity index (χ1) is 9.63. The van der Waals surface area contributed by atoms with Crippen LogP contribution >= 0.6 is 11.3 Å². The van der Waals surface area contributed by atoms with Crippen LogP contribution in [-0.4, -0.2) is 13.0 Å². The lowest BCUT2D eigenvalue weighted by atomic mass is 10.2. The molecule has 0 aliphatic carbocycles. The largest absolute Gasteiger partial charge is 0.494 e. The van der Waals surface area contributed by atoms with Gasteiger partial charge in [-0.1, -0.05) is 6.92 Å². The second-order valence-electron chi connectivity index (χ2n) is 4.25. The van der Waals surface area contributed by atoms with Gasteiger partial charge in [-0.05, 0) is 36.8 Å². The summed E-state index contributed by atoms with van der Waals surface area (Å²) in [7, 11) is 1.39. The van der Waals surface area contributed by atoms with E-state index >= 15 is 0 Å². The van der Waals surface area contributed by atoms with Gasteiger partial charge in [0.15, 0.2) is 11.6 Å². The molecule has 0 saturated carbocycles. The quantitative estimate of drug-likeness (QED) is 0.917. The first-order valence-electron chi connectivity index (χ1n) is 6.33. The van der Waals surface area contributed by atoms with Crippen LogP contribution in [0.3, 0.4) is 0 Å². The Morgan fingerprint density at radius 2 is 2.05 bits per heavy atom. The van der Waals surface area contributed by atoms with Gasteiger partial charge in [0.25, 0.3) is 5.91 Å². The fourth-order valence-corrected chi connectivity index (χ4v) is 2.68. The first kappa shape index (κ1) is 14.5. The maximum atomic E-state index is 13.5. The third kappa shape index (κ3) is 3.36. The van der Waals surface area contributed by atoms with Crippen molar-refractivity contribution in [3.63, 3.8) is 0 Å². The Bertz CT molecular complexity index is 610. The van der Waals surface area contributed by atoms with Gasteiger partial charge < -0.3 is 10.1 Å². The van der Waals surface area contributed by atoms with Crippen molar-refractivity contribution < 1.29 is 13.9 Å². The van der Waals surface area contributed by atoms with Crippen LogP contribution < -0.4 is 10.1 Å². The number of thiophene rings is 1. The number of rotatable bonds is 5. The molecule has 3 nitrogen and oxygen atoms in total. The van der Waals surface area contributed by atoms with Crippen LogP contribution in [0.2, 0.25) is 0 Å². The molecule has 0 atom stereocenters. The summed E-state index contributed by atoms with van der Waals surface area (Å²) in [6.45, 7) is 2.55. The third-order valence-corrected chi connectivity index (χ3v) is 4.13. The molecule has 1 heterocycles. The Labute approximate surface area is 121 Å². The molecule has 0 aliphatic rings. The maximum absolute atomic E-state index is 13.5. The van der Waals surface area contributed by atoms with Gasteiger partial charge in [0, 0.05) is 15.3 Å². The maximum Gasteiger partial charge on any atom is 0.251 e. The van der Waals surface area contributed by atoms with E-state index < -0.39 is 5.82 Å². The van der Waals surface area contributed by atoms with Crippen molar-refractivity contribution in [1.82, 2.24) is 5.32 Å². The van der Waals surface area contributed by atoms with Crippen LogP contribution in [0.4, 0.5) is 4.39 Å². The lowest BCUT2D eigenvalue weighted by Crippen LogP contribution is -2.22. The van der Waals surface area contributed by atoms with E-state index in [9.17, 15) is 9.18 Å². The summed E-state index contributed by atoms with van der Waals surface area (Å²) in [5, 5.41) is 2.78. The average Bonchev–Trinajstić information content (AvgIpc) is 2.92. The monoisotopic (exact) mass is 293 g/mol. The van der Waals surface area contributed by atoms with Crippen molar-refractivity contribution >= 4 is 17.2 Å². The number of halogens is 1. The molecule has 0 radical (unpaired) electrons. The summed E-state index contributed by atoms with van der Waals surface area (Å²) in [6.07, 6.45) is 0.988. The molecule has 106 valence electrons. The minimum atomic E-state index is -0.537. The van der Waals surface area contributed by atoms with Gasteiger partial charge in [-0.2, -0.15) is 0 Å². The highest BCUT2D eigenvalue weighted by Crippen LogP contribution is 2.19. The molecule has 0 unspecified atom stereocenters. The topological polar surface area (TPSA) is 38.3 Å². The predicted octanol–water partition coefficient (Wildman–Crippen LogP) is 3.39. The summed E-state index contributed by atoms with van der Waals surface area (Å²) >= 11 is 1.67. The van der Waals surface area contributed by atoms with E-state index in [2.05, 4.69) is 18.3 Å². The fraction of sp³-hybridized carbons (Fsp3) is 0.267. The van der Waals surface area contributed by atoms with Gasteiger partial charge in [0.2, 0.25) is 0 Å². The molecule has 1 aromatic carbocycles. The van der Waals surface area contributed by atoms with E-state index in [4.69, 9.17) is 4.74 Å². The van der Waals surface area contributed by atoms with E-state index in [-0.39, 0.29) is 17.2 Å². The van der Waals surface area contributed by atoms with Crippen LogP contribution in [0.1, 0.15) is 27.0 Å². The molecule has 0 aliphatic heterocycles. The molecule has 0 saturated heterocycles. The highest BCUT2D eigenvalue weighted by molar-refractivity contribution is 7.11. The molecule has 2 aromatic rings. The molecule has 1 aromatic heterocycles. The summed E-state index contributed by atoms with van der Waals surface area (Å²) in [5.41, 5.74) is 0.288. The van der Waals surface area contributed by atoms with Crippen molar-refractivity contribution in [1.29, 1.82) is 0 Å². The summed E-state index contributed by atoms with van der Waals surface area (Å²) < 4.78 is 18.3. The molecule has 5 heteroatoms. The highest BCUT2D eigenvalue weighted by Gasteiger charge is 2.10. The lowest BCUT2D eigenvalue weighted by Gasteiger charge is -2.06. The normalized spacial score (nSPS) is 10.3. The number of hydrogen-bond acceptors (Lipinski definition) is 3. The number of benzene rings is 1. The molecular weight excluding hydrogens is 277 g/mol. The Morgan fingerprint density at radius 1 is 1.30 bits per heavy atom.